The molecule has 0 bridgehead atoms. The van der Waals surface area contributed by atoms with Gasteiger partial charge in [-0.15, -0.1) is 0 Å². The summed E-state index contributed by atoms with van der Waals surface area (Å²) in [6.07, 6.45) is 0.846. The van der Waals surface area contributed by atoms with Gasteiger partial charge in [-0.25, -0.2) is 4.79 Å². The molecule has 0 saturated carbocycles. The van der Waals surface area contributed by atoms with Crippen molar-refractivity contribution in [3.05, 3.63) is 64.7 Å². The fourth-order valence-corrected chi connectivity index (χ4v) is 2.26. The number of amides is 1. The first-order chi connectivity index (χ1) is 10.6. The Morgan fingerprint density at radius 3 is 2.27 bits per heavy atom. The van der Waals surface area contributed by atoms with E-state index >= 15 is 0 Å². The molecule has 0 atom stereocenters. The van der Waals surface area contributed by atoms with Crippen molar-refractivity contribution in [2.45, 2.75) is 20.3 Å². The molecule has 0 saturated heterocycles. The average Bonchev–Trinajstić information content (AvgIpc) is 2.56. The molecule has 4 heteroatoms. The molecule has 4 nitrogen and oxygen atoms in total. The van der Waals surface area contributed by atoms with Gasteiger partial charge in [0.2, 0.25) is 0 Å². The lowest BCUT2D eigenvalue weighted by Gasteiger charge is -2.13. The highest BCUT2D eigenvalue weighted by atomic mass is 16.5. The van der Waals surface area contributed by atoms with E-state index < -0.39 is 5.97 Å². The Morgan fingerprint density at radius 2 is 1.68 bits per heavy atom. The van der Waals surface area contributed by atoms with Crippen molar-refractivity contribution >= 4 is 17.6 Å². The smallest absolute Gasteiger partial charge is 0.337 e. The molecule has 0 aliphatic heterocycles. The minimum absolute atomic E-state index is 0.194. The van der Waals surface area contributed by atoms with Gasteiger partial charge in [0.05, 0.1) is 12.7 Å². The van der Waals surface area contributed by atoms with Gasteiger partial charge in [-0.05, 0) is 48.7 Å². The van der Waals surface area contributed by atoms with Crippen LogP contribution in [0, 0.1) is 6.92 Å². The number of anilines is 1. The van der Waals surface area contributed by atoms with E-state index in [9.17, 15) is 9.59 Å². The number of nitrogens with one attached hydrogen (secondary N) is 1. The molecule has 2 rings (SSSR count). The van der Waals surface area contributed by atoms with Crippen molar-refractivity contribution in [2.75, 3.05) is 12.4 Å². The summed E-state index contributed by atoms with van der Waals surface area (Å²) < 4.78 is 4.64. The van der Waals surface area contributed by atoms with Gasteiger partial charge < -0.3 is 10.1 Å². The molecule has 1 amide bonds. The number of carbonyl (C=O) groups excluding carboxylic acids is 2. The van der Waals surface area contributed by atoms with Gasteiger partial charge in [0.1, 0.15) is 0 Å². The van der Waals surface area contributed by atoms with E-state index in [4.69, 9.17) is 0 Å². The highest BCUT2D eigenvalue weighted by Crippen LogP contribution is 2.22. The molecule has 2 aromatic carbocycles. The highest BCUT2D eigenvalue weighted by molar-refractivity contribution is 6.05. The molecule has 0 fully saturated rings. The fraction of sp³-hybridized carbons (Fsp3) is 0.222. The zero-order valence-corrected chi connectivity index (χ0v) is 13.0. The lowest BCUT2D eigenvalue weighted by molar-refractivity contribution is 0.0600. The van der Waals surface area contributed by atoms with Crippen molar-refractivity contribution in [2.24, 2.45) is 0 Å². The van der Waals surface area contributed by atoms with Crippen molar-refractivity contribution in [1.29, 1.82) is 0 Å². The van der Waals surface area contributed by atoms with Crippen molar-refractivity contribution in [3.8, 4) is 0 Å². The van der Waals surface area contributed by atoms with Crippen molar-refractivity contribution < 1.29 is 14.3 Å². The van der Waals surface area contributed by atoms with Crippen LogP contribution in [0.5, 0.6) is 0 Å². The minimum atomic E-state index is -0.417. The van der Waals surface area contributed by atoms with E-state index in [-0.39, 0.29) is 5.91 Å². The molecule has 1 N–H and O–H groups in total. The van der Waals surface area contributed by atoms with Crippen LogP contribution in [0.15, 0.2) is 42.5 Å². The molecular weight excluding hydrogens is 278 g/mol. The van der Waals surface area contributed by atoms with Crippen molar-refractivity contribution in [3.63, 3.8) is 0 Å². The van der Waals surface area contributed by atoms with E-state index in [0.29, 0.717) is 11.1 Å². The number of para-hydroxylation sites is 1. The number of methoxy groups -OCH3 is 1. The molecule has 0 aromatic heterocycles. The SMILES string of the molecule is CCc1cccc(C)c1NC(=O)c1ccc(C(=O)OC)cc1. The van der Waals surface area contributed by atoms with Gasteiger partial charge in [0.25, 0.3) is 5.91 Å². The Kier molecular flexibility index (Phi) is 4.94. The third-order valence-corrected chi connectivity index (χ3v) is 3.55. The third-order valence-electron chi connectivity index (χ3n) is 3.55. The van der Waals surface area contributed by atoms with Gasteiger partial charge in [-0.2, -0.15) is 0 Å². The highest BCUT2D eigenvalue weighted by Gasteiger charge is 2.12. The zero-order chi connectivity index (χ0) is 16.1. The van der Waals surface area contributed by atoms with Gasteiger partial charge in [0, 0.05) is 11.3 Å². The molecule has 22 heavy (non-hydrogen) atoms. The first kappa shape index (κ1) is 15.8. The largest absolute Gasteiger partial charge is 0.465 e. The van der Waals surface area contributed by atoms with Crippen LogP contribution < -0.4 is 5.32 Å². The predicted molar refractivity (Wildman–Crippen MR) is 86.3 cm³/mol. The molecule has 114 valence electrons. The summed E-state index contributed by atoms with van der Waals surface area (Å²) in [6.45, 7) is 4.02. The first-order valence-corrected chi connectivity index (χ1v) is 7.15. The van der Waals surface area contributed by atoms with Crippen LogP contribution in [0.25, 0.3) is 0 Å². The second-order valence-corrected chi connectivity index (χ2v) is 4.99. The van der Waals surface area contributed by atoms with Gasteiger partial charge in [0.15, 0.2) is 0 Å². The number of hydrogen-bond acceptors (Lipinski definition) is 3. The second-order valence-electron chi connectivity index (χ2n) is 4.99. The lowest BCUT2D eigenvalue weighted by atomic mass is 10.0. The quantitative estimate of drug-likeness (QED) is 0.877. The summed E-state index contributed by atoms with van der Waals surface area (Å²) in [6, 6.07) is 12.3. The Labute approximate surface area is 130 Å². The molecular formula is C18H19NO3. The summed E-state index contributed by atoms with van der Waals surface area (Å²) in [7, 11) is 1.33. The lowest BCUT2D eigenvalue weighted by Crippen LogP contribution is -2.14. The normalized spacial score (nSPS) is 10.1. The maximum absolute atomic E-state index is 12.4. The van der Waals surface area contributed by atoms with E-state index in [2.05, 4.69) is 17.0 Å². The molecule has 0 aliphatic rings. The number of benzene rings is 2. The Bertz CT molecular complexity index is 690. The van der Waals surface area contributed by atoms with Crippen LogP contribution in [0.1, 0.15) is 38.8 Å². The third kappa shape index (κ3) is 3.34. The van der Waals surface area contributed by atoms with E-state index in [1.54, 1.807) is 24.3 Å². The Balaban J connectivity index is 2.21. The summed E-state index contributed by atoms with van der Waals surface area (Å²) in [5.74, 6) is -0.612. The van der Waals surface area contributed by atoms with Crippen molar-refractivity contribution in [1.82, 2.24) is 0 Å². The van der Waals surface area contributed by atoms with Crippen LogP contribution >= 0.6 is 0 Å². The number of rotatable bonds is 4. The second kappa shape index (κ2) is 6.89. The zero-order valence-electron chi connectivity index (χ0n) is 13.0. The minimum Gasteiger partial charge on any atom is -0.465 e. The van der Waals surface area contributed by atoms with E-state index in [1.807, 2.05) is 25.1 Å². The molecule has 0 aliphatic carbocycles. The van der Waals surface area contributed by atoms with Crippen LogP contribution in [-0.2, 0) is 11.2 Å². The molecule has 0 radical (unpaired) electrons. The number of esters is 1. The Morgan fingerprint density at radius 1 is 1.05 bits per heavy atom. The average molecular weight is 297 g/mol. The number of carbonyl (C=O) groups is 2. The van der Waals surface area contributed by atoms with Gasteiger partial charge in [-0.3, -0.25) is 4.79 Å². The topological polar surface area (TPSA) is 55.4 Å². The predicted octanol–water partition coefficient (Wildman–Crippen LogP) is 3.60. The summed E-state index contributed by atoms with van der Waals surface area (Å²) in [5, 5.41) is 2.95. The molecule has 0 unspecified atom stereocenters. The molecule has 0 spiro atoms. The molecule has 2 aromatic rings. The van der Waals surface area contributed by atoms with E-state index in [0.717, 1.165) is 23.2 Å². The summed E-state index contributed by atoms with van der Waals surface area (Å²) in [4.78, 5) is 23.7. The van der Waals surface area contributed by atoms with Gasteiger partial charge in [-0.1, -0.05) is 25.1 Å². The Hall–Kier alpha value is -2.62. The monoisotopic (exact) mass is 297 g/mol. The number of aryl methyl sites for hydroxylation is 2. The summed E-state index contributed by atoms with van der Waals surface area (Å²) in [5.41, 5.74) is 3.90. The maximum atomic E-state index is 12.4. The van der Waals surface area contributed by atoms with Crippen LogP contribution in [0.4, 0.5) is 5.69 Å². The molecule has 0 heterocycles. The summed E-state index contributed by atoms with van der Waals surface area (Å²) >= 11 is 0. The van der Waals surface area contributed by atoms with Crippen LogP contribution in [0.2, 0.25) is 0 Å². The number of ether oxygens (including phenoxy) is 1. The van der Waals surface area contributed by atoms with E-state index in [1.165, 1.54) is 7.11 Å². The fourth-order valence-electron chi connectivity index (χ4n) is 2.26. The van der Waals surface area contributed by atoms with Crippen LogP contribution in [-0.4, -0.2) is 19.0 Å². The maximum Gasteiger partial charge on any atom is 0.337 e. The van der Waals surface area contributed by atoms with Gasteiger partial charge >= 0.3 is 5.97 Å². The van der Waals surface area contributed by atoms with Crippen LogP contribution in [0.3, 0.4) is 0 Å². The number of hydrogen-bond donors (Lipinski definition) is 1. The first-order valence-electron chi connectivity index (χ1n) is 7.15. The standard InChI is InChI=1S/C18H19NO3/c1-4-13-7-5-6-12(2)16(13)19-17(20)14-8-10-15(11-9-14)18(21)22-3/h5-11H,4H2,1-3H3,(H,19,20).